The second kappa shape index (κ2) is 9.71. The van der Waals surface area contributed by atoms with E-state index in [1.54, 1.807) is 31.2 Å². The molecular weight excluding hydrogens is 415 g/mol. The highest BCUT2D eigenvalue weighted by Gasteiger charge is 2.28. The Kier molecular flexibility index (Phi) is 7.28. The number of anilines is 1. The monoisotopic (exact) mass is 438 g/mol. The van der Waals surface area contributed by atoms with Gasteiger partial charge in [0, 0.05) is 35.8 Å². The molecule has 0 bridgehead atoms. The van der Waals surface area contributed by atoms with Crippen LogP contribution in [0.25, 0.3) is 0 Å². The number of amides is 1. The molecule has 1 amide bonds. The molecule has 1 aliphatic rings. The van der Waals surface area contributed by atoms with Crippen LogP contribution in [0.2, 0.25) is 0 Å². The summed E-state index contributed by atoms with van der Waals surface area (Å²) in [6.07, 6.45) is 0.251. The summed E-state index contributed by atoms with van der Waals surface area (Å²) in [5, 5.41) is 2.76. The molecule has 3 rings (SSSR count). The molecule has 1 N–H and O–H groups in total. The molecule has 0 unspecified atom stereocenters. The first-order valence-corrected chi connectivity index (χ1v) is 11.7. The first kappa shape index (κ1) is 21.8. The number of benzene rings is 2. The molecule has 0 atom stereocenters. The van der Waals surface area contributed by atoms with Crippen LogP contribution in [0, 0.1) is 12.7 Å². The minimum absolute atomic E-state index is 0.192. The molecule has 0 saturated carbocycles. The predicted octanol–water partition coefficient (Wildman–Crippen LogP) is 3.28. The number of aryl methyl sites for hydroxylation is 1. The van der Waals surface area contributed by atoms with E-state index in [1.807, 2.05) is 0 Å². The lowest BCUT2D eigenvalue weighted by atomic mass is 10.2. The molecule has 1 saturated heterocycles. The summed E-state index contributed by atoms with van der Waals surface area (Å²) in [5.41, 5.74) is 1.07. The summed E-state index contributed by atoms with van der Waals surface area (Å²) in [6.45, 7) is 3.12. The summed E-state index contributed by atoms with van der Waals surface area (Å²) in [6, 6.07) is 11.0. The third-order valence-electron chi connectivity index (χ3n) is 4.47. The number of ether oxygens (including phenoxy) is 1. The zero-order chi connectivity index (χ0) is 20.9. The molecule has 1 heterocycles. The number of rotatable bonds is 7. The normalized spacial score (nSPS) is 15.2. The van der Waals surface area contributed by atoms with Gasteiger partial charge < -0.3 is 10.1 Å². The molecule has 9 heteroatoms. The summed E-state index contributed by atoms with van der Waals surface area (Å²) < 4.78 is 45.4. The number of thioether (sulfide) groups is 1. The molecule has 0 radical (unpaired) electrons. The van der Waals surface area contributed by atoms with Gasteiger partial charge in [0.15, 0.2) is 0 Å². The average Bonchev–Trinajstić information content (AvgIpc) is 2.71. The maximum Gasteiger partial charge on any atom is 0.243 e. The number of sulfonamides is 1. The smallest absolute Gasteiger partial charge is 0.243 e. The van der Waals surface area contributed by atoms with Crippen molar-refractivity contribution in [3.63, 3.8) is 0 Å². The number of hydrogen-bond acceptors (Lipinski definition) is 5. The van der Waals surface area contributed by atoms with Gasteiger partial charge in [-0.2, -0.15) is 4.31 Å². The molecule has 156 valence electrons. The van der Waals surface area contributed by atoms with Crippen molar-refractivity contribution in [1.82, 2.24) is 4.31 Å². The quantitative estimate of drug-likeness (QED) is 0.672. The molecule has 0 aliphatic carbocycles. The maximum absolute atomic E-state index is 12.9. The van der Waals surface area contributed by atoms with Crippen LogP contribution in [0.3, 0.4) is 0 Å². The zero-order valence-electron chi connectivity index (χ0n) is 16.1. The van der Waals surface area contributed by atoms with E-state index >= 15 is 0 Å². The highest BCUT2D eigenvalue weighted by Crippen LogP contribution is 2.25. The fourth-order valence-corrected chi connectivity index (χ4v) is 5.41. The van der Waals surface area contributed by atoms with E-state index in [4.69, 9.17) is 4.74 Å². The highest BCUT2D eigenvalue weighted by atomic mass is 32.2. The van der Waals surface area contributed by atoms with E-state index in [0.29, 0.717) is 43.3 Å². The van der Waals surface area contributed by atoms with Crippen LogP contribution in [0.4, 0.5) is 10.1 Å². The Labute approximate surface area is 174 Å². The Balaban J connectivity index is 1.61. The minimum atomic E-state index is -3.64. The van der Waals surface area contributed by atoms with Gasteiger partial charge in [-0.25, -0.2) is 12.8 Å². The van der Waals surface area contributed by atoms with Crippen molar-refractivity contribution in [2.45, 2.75) is 23.1 Å². The third-order valence-corrected chi connectivity index (χ3v) is 7.53. The maximum atomic E-state index is 12.9. The molecule has 29 heavy (non-hydrogen) atoms. The Hall–Kier alpha value is -1.94. The van der Waals surface area contributed by atoms with Gasteiger partial charge in [0.1, 0.15) is 5.82 Å². The van der Waals surface area contributed by atoms with Crippen LogP contribution in [0.5, 0.6) is 0 Å². The standard InChI is InChI=1S/C20H23FN2O4S2/c1-15-2-5-17(14-19(15)29(25,26)23-9-11-27-12-10-23)22-20(24)8-13-28-18-6-3-16(21)4-7-18/h2-7,14H,8-13H2,1H3,(H,22,24). The van der Waals surface area contributed by atoms with Crippen LogP contribution in [-0.2, 0) is 19.6 Å². The second-order valence-corrected chi connectivity index (χ2v) is 9.67. The lowest BCUT2D eigenvalue weighted by molar-refractivity contribution is -0.115. The fourth-order valence-electron chi connectivity index (χ4n) is 2.90. The Bertz CT molecular complexity index is 959. The average molecular weight is 439 g/mol. The van der Waals surface area contributed by atoms with Crippen LogP contribution in [-0.4, -0.2) is 50.7 Å². The third kappa shape index (κ3) is 5.79. The van der Waals surface area contributed by atoms with E-state index < -0.39 is 10.0 Å². The number of nitrogens with zero attached hydrogens (tertiary/aromatic N) is 1. The Morgan fingerprint density at radius 1 is 1.17 bits per heavy atom. The van der Waals surface area contributed by atoms with E-state index in [-0.39, 0.29) is 23.0 Å². The first-order valence-electron chi connectivity index (χ1n) is 9.23. The number of carbonyl (C=O) groups excluding carboxylic acids is 1. The molecule has 6 nitrogen and oxygen atoms in total. The van der Waals surface area contributed by atoms with Gasteiger partial charge in [0.2, 0.25) is 15.9 Å². The predicted molar refractivity (Wildman–Crippen MR) is 111 cm³/mol. The topological polar surface area (TPSA) is 75.7 Å². The van der Waals surface area contributed by atoms with Crippen LogP contribution < -0.4 is 5.32 Å². The van der Waals surface area contributed by atoms with E-state index in [2.05, 4.69) is 5.32 Å². The number of nitrogens with one attached hydrogen (secondary N) is 1. The molecule has 1 fully saturated rings. The van der Waals surface area contributed by atoms with Crippen molar-refractivity contribution in [3.05, 3.63) is 53.8 Å². The van der Waals surface area contributed by atoms with Gasteiger partial charge in [-0.3, -0.25) is 4.79 Å². The minimum Gasteiger partial charge on any atom is -0.379 e. The summed E-state index contributed by atoms with van der Waals surface area (Å²) in [4.78, 5) is 13.3. The lowest BCUT2D eigenvalue weighted by Crippen LogP contribution is -2.40. The van der Waals surface area contributed by atoms with Gasteiger partial charge in [-0.15, -0.1) is 11.8 Å². The highest BCUT2D eigenvalue weighted by molar-refractivity contribution is 7.99. The van der Waals surface area contributed by atoms with E-state index in [0.717, 1.165) is 4.90 Å². The molecule has 2 aromatic rings. The molecule has 1 aliphatic heterocycles. The van der Waals surface area contributed by atoms with Gasteiger partial charge in [-0.05, 0) is 48.9 Å². The van der Waals surface area contributed by atoms with Crippen molar-refractivity contribution < 1.29 is 22.3 Å². The number of halogens is 1. The Morgan fingerprint density at radius 3 is 2.55 bits per heavy atom. The van der Waals surface area contributed by atoms with Crippen LogP contribution in [0.15, 0.2) is 52.3 Å². The first-order chi connectivity index (χ1) is 13.9. The number of hydrogen-bond donors (Lipinski definition) is 1. The van der Waals surface area contributed by atoms with Crippen LogP contribution >= 0.6 is 11.8 Å². The molecule has 0 aromatic heterocycles. The summed E-state index contributed by atoms with van der Waals surface area (Å²) >= 11 is 1.45. The van der Waals surface area contributed by atoms with Gasteiger partial charge in [0.05, 0.1) is 18.1 Å². The van der Waals surface area contributed by atoms with Crippen LogP contribution in [0.1, 0.15) is 12.0 Å². The fraction of sp³-hybridized carbons (Fsp3) is 0.350. The largest absolute Gasteiger partial charge is 0.379 e. The van der Waals surface area contributed by atoms with Crippen molar-refractivity contribution in [1.29, 1.82) is 0 Å². The van der Waals surface area contributed by atoms with Crippen molar-refractivity contribution in [2.24, 2.45) is 0 Å². The molecular formula is C20H23FN2O4S2. The molecule has 2 aromatic carbocycles. The number of morpholine rings is 1. The van der Waals surface area contributed by atoms with Crippen molar-refractivity contribution in [2.75, 3.05) is 37.4 Å². The van der Waals surface area contributed by atoms with Crippen molar-refractivity contribution >= 4 is 33.4 Å². The van der Waals surface area contributed by atoms with Gasteiger partial charge >= 0.3 is 0 Å². The summed E-state index contributed by atoms with van der Waals surface area (Å²) in [5.74, 6) is 0.0231. The SMILES string of the molecule is Cc1ccc(NC(=O)CCSc2ccc(F)cc2)cc1S(=O)(=O)N1CCOCC1. The second-order valence-electron chi connectivity index (χ2n) is 6.60. The lowest BCUT2D eigenvalue weighted by Gasteiger charge is -2.26. The van der Waals surface area contributed by atoms with E-state index in [9.17, 15) is 17.6 Å². The van der Waals surface area contributed by atoms with Gasteiger partial charge in [-0.1, -0.05) is 6.07 Å². The zero-order valence-corrected chi connectivity index (χ0v) is 17.7. The van der Waals surface area contributed by atoms with E-state index in [1.165, 1.54) is 34.3 Å². The summed E-state index contributed by atoms with van der Waals surface area (Å²) in [7, 11) is -3.64. The van der Waals surface area contributed by atoms with Gasteiger partial charge in [0.25, 0.3) is 0 Å². The Morgan fingerprint density at radius 2 is 1.86 bits per heavy atom. The molecule has 0 spiro atoms. The number of carbonyl (C=O) groups is 1. The van der Waals surface area contributed by atoms with Crippen molar-refractivity contribution in [3.8, 4) is 0 Å².